The van der Waals surface area contributed by atoms with Crippen LogP contribution in [-0.2, 0) is 0 Å². The van der Waals surface area contributed by atoms with E-state index in [-0.39, 0.29) is 18.1 Å². The summed E-state index contributed by atoms with van der Waals surface area (Å²) in [4.78, 5) is 28.6. The van der Waals surface area contributed by atoms with E-state index in [1.165, 1.54) is 0 Å². The Morgan fingerprint density at radius 3 is 0.917 bits per heavy atom. The van der Waals surface area contributed by atoms with Gasteiger partial charge in [0.05, 0.1) is 35.2 Å². The second kappa shape index (κ2) is 15.1. The van der Waals surface area contributed by atoms with Gasteiger partial charge in [-0.05, 0) is 72.4 Å². The first kappa shape index (κ1) is 30.8. The zero-order valence-corrected chi connectivity index (χ0v) is 26.6. The molecule has 0 radical (unpaired) electrons. The molecular weight excluding hydrogens is 589 g/mol. The van der Waals surface area contributed by atoms with Gasteiger partial charge >= 0.3 is 0 Å². The summed E-state index contributed by atoms with van der Waals surface area (Å²) in [7, 11) is 0. The molecule has 7 rings (SSSR count). The fraction of sp³-hybridized carbons (Fsp3) is 0.143. The summed E-state index contributed by atoms with van der Waals surface area (Å²) in [6.45, 7) is 0. The fourth-order valence-electron chi connectivity index (χ4n) is 5.99. The Balaban J connectivity index is 1.06. The van der Waals surface area contributed by atoms with Crippen LogP contribution in [-0.4, -0.2) is 51.7 Å². The number of hydrogen-bond acceptors (Lipinski definition) is 6. The van der Waals surface area contributed by atoms with Crippen LogP contribution in [0.1, 0.15) is 36.0 Å². The number of aliphatic imine (C=N–C) groups is 3. The first-order valence-corrected chi connectivity index (χ1v) is 16.4. The highest BCUT2D eigenvalue weighted by Crippen LogP contribution is 2.27. The molecule has 3 aromatic carbocycles. The molecule has 6 aromatic rings. The Hall–Kier alpha value is -5.88. The third-order valence-electron chi connectivity index (χ3n) is 8.55. The standard InChI is InChI=1S/C42H36N6/c1-4-22-43-40(7-1)34-16-10-31(11-17-34)28-46-37-25-38(47-29-32-12-18-35(19-13-32)41-8-2-5-23-44-41)27-39(26-37)48-30-33-14-20-36(21-15-33)42-9-3-6-24-45-42/h1-24,28-30,37-39H,25-27H2/b46-28-,47-29-,48-30-. The zero-order valence-electron chi connectivity index (χ0n) is 26.6. The van der Waals surface area contributed by atoms with Crippen LogP contribution < -0.4 is 0 Å². The van der Waals surface area contributed by atoms with Crippen LogP contribution in [0.25, 0.3) is 33.8 Å². The molecule has 6 nitrogen and oxygen atoms in total. The largest absolute Gasteiger partial charge is 0.289 e. The molecule has 48 heavy (non-hydrogen) atoms. The van der Waals surface area contributed by atoms with Crippen LogP contribution in [0.3, 0.4) is 0 Å². The number of nitrogens with zero attached hydrogens (tertiary/aromatic N) is 6. The second-order valence-corrected chi connectivity index (χ2v) is 12.0. The molecule has 1 saturated carbocycles. The first-order valence-electron chi connectivity index (χ1n) is 16.4. The minimum atomic E-state index is 0.122. The van der Waals surface area contributed by atoms with E-state index in [0.717, 1.165) is 69.7 Å². The lowest BCUT2D eigenvalue weighted by molar-refractivity contribution is 0.358. The van der Waals surface area contributed by atoms with Crippen LogP contribution in [0, 0.1) is 0 Å². The van der Waals surface area contributed by atoms with Gasteiger partial charge < -0.3 is 0 Å². The third-order valence-corrected chi connectivity index (χ3v) is 8.55. The molecule has 0 spiro atoms. The molecule has 0 bridgehead atoms. The van der Waals surface area contributed by atoms with Gasteiger partial charge in [-0.1, -0.05) is 91.0 Å². The number of benzene rings is 3. The lowest BCUT2D eigenvalue weighted by Crippen LogP contribution is -2.30. The monoisotopic (exact) mass is 624 g/mol. The number of rotatable bonds is 9. The predicted molar refractivity (Wildman–Crippen MR) is 197 cm³/mol. The van der Waals surface area contributed by atoms with Crippen molar-refractivity contribution in [3.05, 3.63) is 163 Å². The molecule has 6 heteroatoms. The SMILES string of the molecule is C(=N/C1CC(/N=C\c2ccc(-c3ccccn3)cc2)CC(/N=C\c2ccc(-c3ccccn3)cc2)C1)/c1ccc(-c2ccccn2)cc1. The average molecular weight is 625 g/mol. The lowest BCUT2D eigenvalue weighted by Gasteiger charge is -2.29. The second-order valence-electron chi connectivity index (χ2n) is 12.0. The van der Waals surface area contributed by atoms with Gasteiger partial charge in [0.2, 0.25) is 0 Å². The van der Waals surface area contributed by atoms with E-state index in [1.807, 2.05) is 91.8 Å². The van der Waals surface area contributed by atoms with E-state index in [9.17, 15) is 0 Å². The summed E-state index contributed by atoms with van der Waals surface area (Å²) < 4.78 is 0. The van der Waals surface area contributed by atoms with Crippen molar-refractivity contribution in [2.24, 2.45) is 15.0 Å². The highest BCUT2D eigenvalue weighted by atomic mass is 14.9. The van der Waals surface area contributed by atoms with Crippen LogP contribution in [0.5, 0.6) is 0 Å². The Labute approximate surface area is 281 Å². The van der Waals surface area contributed by atoms with Crippen molar-refractivity contribution in [2.45, 2.75) is 37.4 Å². The van der Waals surface area contributed by atoms with Crippen molar-refractivity contribution in [1.29, 1.82) is 0 Å². The molecule has 1 fully saturated rings. The molecule has 1 aliphatic carbocycles. The Morgan fingerprint density at radius 2 is 0.667 bits per heavy atom. The van der Waals surface area contributed by atoms with Crippen molar-refractivity contribution >= 4 is 18.6 Å². The van der Waals surface area contributed by atoms with Crippen LogP contribution in [0.2, 0.25) is 0 Å². The summed E-state index contributed by atoms with van der Waals surface area (Å²) in [5, 5.41) is 0. The maximum absolute atomic E-state index is 5.05. The quantitative estimate of drug-likeness (QED) is 0.151. The molecule has 0 saturated heterocycles. The van der Waals surface area contributed by atoms with Gasteiger partial charge in [0.15, 0.2) is 0 Å². The first-order chi connectivity index (χ1) is 23.7. The highest BCUT2D eigenvalue weighted by molar-refractivity contribution is 5.82. The van der Waals surface area contributed by atoms with Gasteiger partial charge in [-0.15, -0.1) is 0 Å². The van der Waals surface area contributed by atoms with Crippen molar-refractivity contribution < 1.29 is 0 Å². The van der Waals surface area contributed by atoms with E-state index < -0.39 is 0 Å². The average Bonchev–Trinajstić information content (AvgIpc) is 3.17. The molecular formula is C42H36N6. The topological polar surface area (TPSA) is 75.8 Å². The molecule has 0 aliphatic heterocycles. The highest BCUT2D eigenvalue weighted by Gasteiger charge is 2.27. The molecule has 0 atom stereocenters. The fourth-order valence-corrected chi connectivity index (χ4v) is 5.99. The van der Waals surface area contributed by atoms with E-state index in [4.69, 9.17) is 15.0 Å². The molecule has 3 aromatic heterocycles. The Morgan fingerprint density at radius 1 is 0.375 bits per heavy atom. The summed E-state index contributed by atoms with van der Waals surface area (Å²) >= 11 is 0. The van der Waals surface area contributed by atoms with Gasteiger partial charge in [0.25, 0.3) is 0 Å². The van der Waals surface area contributed by atoms with Crippen molar-refractivity contribution in [1.82, 2.24) is 15.0 Å². The van der Waals surface area contributed by atoms with E-state index in [1.54, 1.807) is 0 Å². The summed E-state index contributed by atoms with van der Waals surface area (Å²) in [5.41, 5.74) is 9.39. The van der Waals surface area contributed by atoms with Crippen molar-refractivity contribution in [3.8, 4) is 33.8 Å². The number of pyridine rings is 3. The van der Waals surface area contributed by atoms with Crippen molar-refractivity contribution in [3.63, 3.8) is 0 Å². The number of aromatic nitrogens is 3. The van der Waals surface area contributed by atoms with Gasteiger partial charge in [-0.25, -0.2) is 0 Å². The summed E-state index contributed by atoms with van der Waals surface area (Å²) in [5.74, 6) is 0. The third kappa shape index (κ3) is 8.09. The minimum Gasteiger partial charge on any atom is -0.289 e. The summed E-state index contributed by atoms with van der Waals surface area (Å²) in [6.07, 6.45) is 14.1. The summed E-state index contributed by atoms with van der Waals surface area (Å²) in [6, 6.07) is 43.5. The van der Waals surface area contributed by atoms with Gasteiger partial charge in [-0.3, -0.25) is 29.9 Å². The molecule has 0 N–H and O–H groups in total. The van der Waals surface area contributed by atoms with Crippen molar-refractivity contribution in [2.75, 3.05) is 0 Å². The van der Waals surface area contributed by atoms with E-state index >= 15 is 0 Å². The van der Waals surface area contributed by atoms with Crippen LogP contribution >= 0.6 is 0 Å². The maximum atomic E-state index is 5.05. The minimum absolute atomic E-state index is 0.122. The Kier molecular flexibility index (Phi) is 9.70. The zero-order chi connectivity index (χ0) is 32.4. The molecule has 0 amide bonds. The number of hydrogen-bond donors (Lipinski definition) is 0. The predicted octanol–water partition coefficient (Wildman–Crippen LogP) is 8.82. The van der Waals surface area contributed by atoms with E-state index in [0.29, 0.717) is 0 Å². The molecule has 234 valence electrons. The van der Waals surface area contributed by atoms with Crippen LogP contribution in [0.4, 0.5) is 0 Å². The molecule has 1 aliphatic rings. The van der Waals surface area contributed by atoms with Gasteiger partial charge in [0, 0.05) is 53.9 Å². The Bertz CT molecular complexity index is 1730. The molecule has 3 heterocycles. The smallest absolute Gasteiger partial charge is 0.0701 e. The lowest BCUT2D eigenvalue weighted by atomic mass is 9.88. The van der Waals surface area contributed by atoms with Gasteiger partial charge in [-0.2, -0.15) is 0 Å². The molecule has 0 unspecified atom stereocenters. The maximum Gasteiger partial charge on any atom is 0.0701 e. The van der Waals surface area contributed by atoms with E-state index in [2.05, 4.69) is 87.7 Å². The normalized spacial score (nSPS) is 18.1. The van der Waals surface area contributed by atoms with Gasteiger partial charge in [0.1, 0.15) is 0 Å². The van der Waals surface area contributed by atoms with Crippen LogP contribution in [0.15, 0.2) is 161 Å².